The maximum atomic E-state index is 13.0. The number of methoxy groups -OCH3 is 1. The normalized spacial score (nSPS) is 20.6. The van der Waals surface area contributed by atoms with Crippen LogP contribution >= 0.6 is 11.3 Å². The number of para-hydroxylation sites is 2. The summed E-state index contributed by atoms with van der Waals surface area (Å²) in [6.07, 6.45) is 7.37. The number of carbonyl (C=O) groups is 3. The molecule has 2 aliphatic rings. The van der Waals surface area contributed by atoms with Crippen LogP contribution in [0.1, 0.15) is 79.2 Å². The van der Waals surface area contributed by atoms with E-state index in [1.54, 1.807) is 0 Å². The number of anilines is 2. The second-order valence-corrected chi connectivity index (χ2v) is 10.1. The third-order valence-corrected chi connectivity index (χ3v) is 7.95. The van der Waals surface area contributed by atoms with E-state index in [1.165, 1.54) is 37.7 Å². The van der Waals surface area contributed by atoms with Crippen molar-refractivity contribution in [2.24, 2.45) is 5.92 Å². The molecule has 1 saturated heterocycles. The lowest BCUT2D eigenvalue weighted by Gasteiger charge is -2.30. The standard InChI is InChI=1S/C26H33N3O4S/c1-33-24(31)14-13-23(30)18-9-11-19(12-10-18)26-28-21(17-34-26)25(32)27-20-7-3-4-8-22(20)29-15-5-2-6-16-29/h3-4,7-8,17-19H,2,5-6,9-16H2,1H3,(H,27,32). The largest absolute Gasteiger partial charge is 0.469 e. The van der Waals surface area contributed by atoms with Crippen LogP contribution in [0.3, 0.4) is 0 Å². The number of nitrogens with one attached hydrogen (secondary N) is 1. The van der Waals surface area contributed by atoms with Crippen molar-refractivity contribution in [2.75, 3.05) is 30.4 Å². The van der Waals surface area contributed by atoms with Gasteiger partial charge in [-0.2, -0.15) is 0 Å². The molecule has 8 heteroatoms. The van der Waals surface area contributed by atoms with Crippen LogP contribution in [0, 0.1) is 5.92 Å². The van der Waals surface area contributed by atoms with Gasteiger partial charge in [0.15, 0.2) is 0 Å². The van der Waals surface area contributed by atoms with Gasteiger partial charge in [-0.1, -0.05) is 12.1 Å². The summed E-state index contributed by atoms with van der Waals surface area (Å²) in [5, 5.41) is 5.87. The monoisotopic (exact) mass is 483 g/mol. The molecule has 0 spiro atoms. The molecule has 1 aromatic carbocycles. The first-order chi connectivity index (χ1) is 16.5. The first kappa shape index (κ1) is 24.4. The number of ketones is 1. The highest BCUT2D eigenvalue weighted by Crippen LogP contribution is 2.38. The van der Waals surface area contributed by atoms with Crippen LogP contribution < -0.4 is 10.2 Å². The first-order valence-corrected chi connectivity index (χ1v) is 13.1. The van der Waals surface area contributed by atoms with Crippen molar-refractivity contribution in [3.8, 4) is 0 Å². The third-order valence-electron chi connectivity index (χ3n) is 6.94. The molecule has 0 atom stereocenters. The van der Waals surface area contributed by atoms with Crippen LogP contribution in [0.15, 0.2) is 29.6 Å². The van der Waals surface area contributed by atoms with Crippen LogP contribution in [-0.2, 0) is 14.3 Å². The Morgan fingerprint density at radius 1 is 1.06 bits per heavy atom. The van der Waals surface area contributed by atoms with Crippen molar-refractivity contribution < 1.29 is 19.1 Å². The molecule has 1 aliphatic heterocycles. The number of rotatable bonds is 8. The van der Waals surface area contributed by atoms with Gasteiger partial charge in [-0.25, -0.2) is 4.98 Å². The minimum atomic E-state index is -0.339. The van der Waals surface area contributed by atoms with E-state index in [1.807, 2.05) is 23.6 Å². The highest BCUT2D eigenvalue weighted by atomic mass is 32.1. The van der Waals surface area contributed by atoms with E-state index in [4.69, 9.17) is 0 Å². The number of esters is 1. The summed E-state index contributed by atoms with van der Waals surface area (Å²) in [4.78, 5) is 43.7. The zero-order chi connectivity index (χ0) is 23.9. The van der Waals surface area contributed by atoms with Crippen LogP contribution in [0.25, 0.3) is 0 Å². The van der Waals surface area contributed by atoms with Gasteiger partial charge in [-0.15, -0.1) is 11.3 Å². The highest BCUT2D eigenvalue weighted by Gasteiger charge is 2.29. The fraction of sp³-hybridized carbons (Fsp3) is 0.538. The summed E-state index contributed by atoms with van der Waals surface area (Å²) < 4.78 is 4.63. The molecule has 1 amide bonds. The Kier molecular flexibility index (Phi) is 8.32. The number of thiazole rings is 1. The summed E-state index contributed by atoms with van der Waals surface area (Å²) in [5.41, 5.74) is 2.35. The molecule has 2 fully saturated rings. The molecule has 1 aromatic heterocycles. The fourth-order valence-corrected chi connectivity index (χ4v) is 5.92. The molecule has 182 valence electrons. The quantitative estimate of drug-likeness (QED) is 0.521. The maximum absolute atomic E-state index is 13.0. The lowest BCUT2D eigenvalue weighted by atomic mass is 9.79. The Hall–Kier alpha value is -2.74. The van der Waals surface area contributed by atoms with Crippen molar-refractivity contribution in [2.45, 2.75) is 63.7 Å². The van der Waals surface area contributed by atoms with Gasteiger partial charge < -0.3 is 15.0 Å². The zero-order valence-corrected chi connectivity index (χ0v) is 20.6. The van der Waals surface area contributed by atoms with E-state index < -0.39 is 0 Å². The molecule has 1 aliphatic carbocycles. The number of amides is 1. The van der Waals surface area contributed by atoms with E-state index in [-0.39, 0.29) is 42.3 Å². The summed E-state index contributed by atoms with van der Waals surface area (Å²) >= 11 is 1.53. The SMILES string of the molecule is COC(=O)CCC(=O)C1CCC(c2nc(C(=O)Nc3ccccc3N3CCCCC3)cs2)CC1. The van der Waals surface area contributed by atoms with E-state index in [2.05, 4.69) is 26.0 Å². The van der Waals surface area contributed by atoms with Gasteiger partial charge in [-0.05, 0) is 57.1 Å². The van der Waals surface area contributed by atoms with Crippen LogP contribution in [0.2, 0.25) is 0 Å². The van der Waals surface area contributed by atoms with Crippen molar-refractivity contribution in [1.29, 1.82) is 0 Å². The maximum Gasteiger partial charge on any atom is 0.305 e. The number of Topliss-reactive ketones (excluding diaryl/α,β-unsaturated/α-hetero) is 1. The van der Waals surface area contributed by atoms with Gasteiger partial charge in [0.05, 0.1) is 29.9 Å². The Labute approximate surface area is 204 Å². The van der Waals surface area contributed by atoms with Crippen LogP contribution in [0.5, 0.6) is 0 Å². The molecular formula is C26H33N3O4S. The van der Waals surface area contributed by atoms with Crippen LogP contribution in [0.4, 0.5) is 11.4 Å². The Bertz CT molecular complexity index is 1010. The molecule has 34 heavy (non-hydrogen) atoms. The number of ether oxygens (including phenoxy) is 1. The molecule has 0 bridgehead atoms. The molecule has 1 saturated carbocycles. The van der Waals surface area contributed by atoms with E-state index >= 15 is 0 Å². The van der Waals surface area contributed by atoms with E-state index in [9.17, 15) is 14.4 Å². The molecule has 2 heterocycles. The molecule has 2 aromatic rings. The predicted octanol–water partition coefficient (Wildman–Crippen LogP) is 5.18. The van der Waals surface area contributed by atoms with Gasteiger partial charge in [0.2, 0.25) is 0 Å². The molecule has 1 N–H and O–H groups in total. The van der Waals surface area contributed by atoms with Gasteiger partial charge in [-0.3, -0.25) is 14.4 Å². The number of piperidine rings is 1. The Morgan fingerprint density at radius 2 is 1.79 bits per heavy atom. The summed E-state index contributed by atoms with van der Waals surface area (Å²) in [7, 11) is 1.34. The number of hydrogen-bond donors (Lipinski definition) is 1. The van der Waals surface area contributed by atoms with Gasteiger partial charge in [0.1, 0.15) is 11.5 Å². The molecule has 0 radical (unpaired) electrons. The average molecular weight is 484 g/mol. The second kappa shape index (κ2) is 11.6. The smallest absolute Gasteiger partial charge is 0.305 e. The topological polar surface area (TPSA) is 88.6 Å². The summed E-state index contributed by atoms with van der Waals surface area (Å²) in [6.45, 7) is 2.03. The van der Waals surface area contributed by atoms with Crippen molar-refractivity contribution in [1.82, 2.24) is 4.98 Å². The number of aromatic nitrogens is 1. The molecule has 4 rings (SSSR count). The van der Waals surface area contributed by atoms with E-state index in [0.717, 1.165) is 55.2 Å². The summed E-state index contributed by atoms with van der Waals surface area (Å²) in [6, 6.07) is 7.98. The van der Waals surface area contributed by atoms with E-state index in [0.29, 0.717) is 5.69 Å². The minimum absolute atomic E-state index is 0.00919. The number of nitrogens with zero attached hydrogens (tertiary/aromatic N) is 2. The highest BCUT2D eigenvalue weighted by molar-refractivity contribution is 7.10. The minimum Gasteiger partial charge on any atom is -0.469 e. The van der Waals surface area contributed by atoms with Crippen molar-refractivity contribution in [3.63, 3.8) is 0 Å². The predicted molar refractivity (Wildman–Crippen MR) is 134 cm³/mol. The molecular weight excluding hydrogens is 450 g/mol. The average Bonchev–Trinajstić information content (AvgIpc) is 3.38. The number of benzene rings is 1. The van der Waals surface area contributed by atoms with Crippen LogP contribution in [-0.4, -0.2) is 42.8 Å². The Morgan fingerprint density at radius 3 is 2.53 bits per heavy atom. The van der Waals surface area contributed by atoms with Gasteiger partial charge >= 0.3 is 5.97 Å². The fourth-order valence-electron chi connectivity index (χ4n) is 4.95. The van der Waals surface area contributed by atoms with Gasteiger partial charge in [0.25, 0.3) is 5.91 Å². The van der Waals surface area contributed by atoms with Gasteiger partial charge in [0, 0.05) is 36.7 Å². The second-order valence-electron chi connectivity index (χ2n) is 9.18. The van der Waals surface area contributed by atoms with Crippen molar-refractivity contribution >= 4 is 40.4 Å². The lowest BCUT2D eigenvalue weighted by molar-refractivity contribution is -0.142. The number of carbonyl (C=O) groups excluding carboxylic acids is 3. The summed E-state index contributed by atoms with van der Waals surface area (Å²) in [5.74, 6) is -0.0880. The zero-order valence-electron chi connectivity index (χ0n) is 19.8. The molecule has 0 unspecified atom stereocenters. The molecule has 7 nitrogen and oxygen atoms in total. The first-order valence-electron chi connectivity index (χ1n) is 12.3. The lowest BCUT2D eigenvalue weighted by Crippen LogP contribution is -2.30. The van der Waals surface area contributed by atoms with Crippen molar-refractivity contribution in [3.05, 3.63) is 40.3 Å². The third kappa shape index (κ3) is 6.03. The Balaban J connectivity index is 1.32. The number of hydrogen-bond acceptors (Lipinski definition) is 7.